The zero-order valence-electron chi connectivity index (χ0n) is 16.3. The molecule has 0 unspecified atom stereocenters. The van der Waals surface area contributed by atoms with Crippen LogP contribution in [0.2, 0.25) is 5.02 Å². The molecule has 0 aliphatic carbocycles. The normalized spacial score (nSPS) is 11.3. The van der Waals surface area contributed by atoms with Crippen molar-refractivity contribution >= 4 is 40.3 Å². The number of non-ortho nitro benzene ring substituents is 1. The van der Waals surface area contributed by atoms with E-state index in [1.807, 2.05) is 24.3 Å². The molecule has 0 aliphatic rings. The number of nitro benzene ring substituents is 1. The Balaban J connectivity index is 1.72. The Hall–Kier alpha value is -3.91. The number of benzene rings is 3. The average Bonchev–Trinajstić information content (AvgIpc) is 3.19. The molecule has 0 saturated carbocycles. The van der Waals surface area contributed by atoms with Gasteiger partial charge in [-0.2, -0.15) is 0 Å². The van der Waals surface area contributed by atoms with E-state index in [1.165, 1.54) is 18.3 Å². The molecule has 0 amide bonds. The third kappa shape index (κ3) is 4.19. The average molecular weight is 438 g/mol. The summed E-state index contributed by atoms with van der Waals surface area (Å²) >= 11 is 6.33. The van der Waals surface area contributed by atoms with Crippen LogP contribution in [0.15, 0.2) is 64.0 Å². The number of hydrogen-bond acceptors (Lipinski definition) is 7. The van der Waals surface area contributed by atoms with E-state index in [1.54, 1.807) is 25.1 Å². The molecular formula is C22H16ClN3O5. The summed E-state index contributed by atoms with van der Waals surface area (Å²) in [6.07, 6.45) is 1.32. The van der Waals surface area contributed by atoms with Crippen molar-refractivity contribution < 1.29 is 19.2 Å². The predicted octanol–water partition coefficient (Wildman–Crippen LogP) is 5.91. The van der Waals surface area contributed by atoms with Gasteiger partial charge in [-0.25, -0.2) is 4.98 Å². The zero-order valence-corrected chi connectivity index (χ0v) is 17.0. The number of ether oxygens (including phenoxy) is 1. The quantitative estimate of drug-likeness (QED) is 0.228. The lowest BCUT2D eigenvalue weighted by Gasteiger charge is -2.08. The molecule has 1 aromatic heterocycles. The summed E-state index contributed by atoms with van der Waals surface area (Å²) in [5.74, 6) is 0.130. The second-order valence-electron chi connectivity index (χ2n) is 6.48. The lowest BCUT2D eigenvalue weighted by atomic mass is 10.1. The van der Waals surface area contributed by atoms with Gasteiger partial charge >= 0.3 is 0 Å². The van der Waals surface area contributed by atoms with E-state index < -0.39 is 4.92 Å². The van der Waals surface area contributed by atoms with Crippen LogP contribution in [0.1, 0.15) is 12.5 Å². The highest BCUT2D eigenvalue weighted by Crippen LogP contribution is 2.35. The standard InChI is InChI=1S/C22H16ClN3O5/c1-2-30-20-11-15(26(28)29)9-13(21(20)27)12-24-14-7-8-17(23)16(10-14)22-25-18-5-3-4-6-19(18)31-22/h3-12,27H,2H2,1H3. The maximum Gasteiger partial charge on any atom is 0.274 e. The molecule has 31 heavy (non-hydrogen) atoms. The maximum atomic E-state index is 11.2. The fourth-order valence-electron chi connectivity index (χ4n) is 2.97. The number of hydrogen-bond donors (Lipinski definition) is 1. The second-order valence-corrected chi connectivity index (χ2v) is 6.89. The number of nitrogens with zero attached hydrogens (tertiary/aromatic N) is 3. The number of para-hydroxylation sites is 2. The van der Waals surface area contributed by atoms with Gasteiger partial charge in [-0.3, -0.25) is 15.1 Å². The van der Waals surface area contributed by atoms with Crippen LogP contribution in [0.4, 0.5) is 11.4 Å². The first kappa shape index (κ1) is 20.4. The number of fused-ring (bicyclic) bond motifs is 1. The van der Waals surface area contributed by atoms with Crippen molar-refractivity contribution in [2.24, 2.45) is 4.99 Å². The number of aromatic nitrogens is 1. The van der Waals surface area contributed by atoms with Crippen molar-refractivity contribution in [1.82, 2.24) is 4.98 Å². The molecule has 0 spiro atoms. The first-order valence-corrected chi connectivity index (χ1v) is 9.68. The van der Waals surface area contributed by atoms with Crippen LogP contribution >= 0.6 is 11.6 Å². The molecule has 0 saturated heterocycles. The Morgan fingerprint density at radius 3 is 2.81 bits per heavy atom. The molecule has 0 aliphatic heterocycles. The molecule has 0 fully saturated rings. The van der Waals surface area contributed by atoms with Crippen molar-refractivity contribution in [1.29, 1.82) is 0 Å². The Labute approximate surface area is 181 Å². The summed E-state index contributed by atoms with van der Waals surface area (Å²) in [5, 5.41) is 22.0. The first-order chi connectivity index (χ1) is 15.0. The minimum Gasteiger partial charge on any atom is -0.504 e. The van der Waals surface area contributed by atoms with E-state index in [4.69, 9.17) is 20.8 Å². The summed E-state index contributed by atoms with van der Waals surface area (Å²) in [7, 11) is 0. The first-order valence-electron chi connectivity index (χ1n) is 9.30. The summed E-state index contributed by atoms with van der Waals surface area (Å²) < 4.78 is 11.1. The van der Waals surface area contributed by atoms with E-state index in [0.29, 0.717) is 33.3 Å². The maximum absolute atomic E-state index is 11.2. The Bertz CT molecular complexity index is 1280. The monoisotopic (exact) mass is 437 g/mol. The largest absolute Gasteiger partial charge is 0.504 e. The number of rotatable bonds is 6. The van der Waals surface area contributed by atoms with E-state index in [9.17, 15) is 15.2 Å². The number of halogens is 1. The number of phenols is 1. The predicted molar refractivity (Wildman–Crippen MR) is 118 cm³/mol. The van der Waals surface area contributed by atoms with Gasteiger partial charge < -0.3 is 14.3 Å². The van der Waals surface area contributed by atoms with E-state index in [-0.39, 0.29) is 29.4 Å². The Morgan fingerprint density at radius 1 is 1.26 bits per heavy atom. The number of aromatic hydroxyl groups is 1. The lowest BCUT2D eigenvalue weighted by Crippen LogP contribution is -1.97. The minimum absolute atomic E-state index is 0.0152. The molecule has 1 N–H and O–H groups in total. The number of oxazole rings is 1. The van der Waals surface area contributed by atoms with Crippen LogP contribution in [0.25, 0.3) is 22.6 Å². The van der Waals surface area contributed by atoms with Crippen molar-refractivity contribution in [3.8, 4) is 23.0 Å². The van der Waals surface area contributed by atoms with Crippen molar-refractivity contribution in [3.05, 3.63) is 75.3 Å². The van der Waals surface area contributed by atoms with Crippen LogP contribution in [-0.4, -0.2) is 27.8 Å². The number of nitro groups is 1. The van der Waals surface area contributed by atoms with Crippen LogP contribution in [-0.2, 0) is 0 Å². The minimum atomic E-state index is -0.563. The molecule has 3 aromatic carbocycles. The Morgan fingerprint density at radius 2 is 2.06 bits per heavy atom. The summed E-state index contributed by atoms with van der Waals surface area (Å²) in [4.78, 5) is 19.4. The van der Waals surface area contributed by atoms with Crippen LogP contribution in [0.3, 0.4) is 0 Å². The summed E-state index contributed by atoms with van der Waals surface area (Å²) in [6.45, 7) is 1.96. The topological polar surface area (TPSA) is 111 Å². The molecule has 8 nitrogen and oxygen atoms in total. The van der Waals surface area contributed by atoms with Gasteiger partial charge in [0.2, 0.25) is 5.89 Å². The second kappa shape index (κ2) is 8.45. The third-order valence-electron chi connectivity index (χ3n) is 4.43. The number of aliphatic imine (C=N–C) groups is 1. The van der Waals surface area contributed by atoms with Crippen molar-refractivity contribution in [2.45, 2.75) is 6.92 Å². The van der Waals surface area contributed by atoms with Gasteiger partial charge in [-0.05, 0) is 37.3 Å². The molecule has 4 rings (SSSR count). The van der Waals surface area contributed by atoms with E-state index in [2.05, 4.69) is 9.98 Å². The van der Waals surface area contributed by atoms with Gasteiger partial charge in [0.05, 0.1) is 33.9 Å². The fourth-order valence-corrected chi connectivity index (χ4v) is 3.17. The molecule has 0 bridgehead atoms. The van der Waals surface area contributed by atoms with Crippen molar-refractivity contribution in [2.75, 3.05) is 6.61 Å². The fraction of sp³-hybridized carbons (Fsp3) is 0.0909. The van der Waals surface area contributed by atoms with Crippen molar-refractivity contribution in [3.63, 3.8) is 0 Å². The van der Waals surface area contributed by atoms with Gasteiger partial charge in [0, 0.05) is 17.8 Å². The van der Waals surface area contributed by atoms with Gasteiger partial charge in [-0.1, -0.05) is 23.7 Å². The highest BCUT2D eigenvalue weighted by Gasteiger charge is 2.17. The van der Waals surface area contributed by atoms with E-state index >= 15 is 0 Å². The smallest absolute Gasteiger partial charge is 0.274 e. The molecule has 0 radical (unpaired) electrons. The number of phenolic OH excluding ortho intramolecular Hbond substituents is 1. The molecule has 9 heteroatoms. The van der Waals surface area contributed by atoms with Gasteiger partial charge in [-0.15, -0.1) is 0 Å². The highest BCUT2D eigenvalue weighted by atomic mass is 35.5. The molecular weight excluding hydrogens is 422 g/mol. The van der Waals surface area contributed by atoms with Crippen LogP contribution in [0, 0.1) is 10.1 Å². The van der Waals surface area contributed by atoms with Crippen LogP contribution < -0.4 is 4.74 Å². The zero-order chi connectivity index (χ0) is 22.0. The molecule has 156 valence electrons. The van der Waals surface area contributed by atoms with Gasteiger partial charge in [0.15, 0.2) is 17.1 Å². The SMILES string of the molecule is CCOc1cc([N+](=O)[O-])cc(C=Nc2ccc(Cl)c(-c3nc4ccccc4o3)c2)c1O. The summed E-state index contributed by atoms with van der Waals surface area (Å²) in [6, 6.07) is 14.7. The molecule has 4 aromatic rings. The van der Waals surface area contributed by atoms with E-state index in [0.717, 1.165) is 0 Å². The van der Waals surface area contributed by atoms with Crippen LogP contribution in [0.5, 0.6) is 11.5 Å². The molecule has 0 atom stereocenters. The molecule has 1 heterocycles. The third-order valence-corrected chi connectivity index (χ3v) is 4.76. The van der Waals surface area contributed by atoms with Gasteiger partial charge in [0.1, 0.15) is 5.52 Å². The summed E-state index contributed by atoms with van der Waals surface area (Å²) in [5.41, 5.74) is 2.30. The highest BCUT2D eigenvalue weighted by molar-refractivity contribution is 6.33. The van der Waals surface area contributed by atoms with Gasteiger partial charge in [0.25, 0.3) is 5.69 Å². The Kier molecular flexibility index (Phi) is 5.55. The lowest BCUT2D eigenvalue weighted by molar-refractivity contribution is -0.385.